The van der Waals surface area contributed by atoms with E-state index in [-0.39, 0.29) is 28.6 Å². The summed E-state index contributed by atoms with van der Waals surface area (Å²) in [6.07, 6.45) is -4.61. The fourth-order valence-electron chi connectivity index (χ4n) is 3.53. The summed E-state index contributed by atoms with van der Waals surface area (Å²) < 4.78 is 65.2. The summed E-state index contributed by atoms with van der Waals surface area (Å²) in [4.78, 5) is 26.3. The summed E-state index contributed by atoms with van der Waals surface area (Å²) in [6.45, 7) is 4.68. The van der Waals surface area contributed by atoms with Crippen LogP contribution in [0, 0.1) is 6.92 Å². The molecule has 0 aliphatic rings. The molecule has 0 aliphatic heterocycles. The molecule has 0 radical (unpaired) electrons. The number of pyridine rings is 1. The van der Waals surface area contributed by atoms with E-state index in [1.165, 1.54) is 37.3 Å². The number of halogens is 4. The Bertz CT molecular complexity index is 1450. The molecule has 0 saturated heterocycles. The number of sulfone groups is 1. The highest BCUT2D eigenvalue weighted by molar-refractivity contribution is 7.92. The molecule has 1 N–H and O–H groups in total. The largest absolute Gasteiger partial charge is 0.416 e. The molecule has 0 saturated carbocycles. The average Bonchev–Trinajstić information content (AvgIpc) is 2.82. The first kappa shape index (κ1) is 27.5. The average molecular weight is 541 g/mol. The molecule has 0 atom stereocenters. The van der Waals surface area contributed by atoms with Gasteiger partial charge in [-0.25, -0.2) is 8.42 Å². The van der Waals surface area contributed by atoms with E-state index in [4.69, 9.17) is 11.6 Å². The zero-order valence-electron chi connectivity index (χ0n) is 19.7. The lowest BCUT2D eigenvalue weighted by atomic mass is 10.1. The minimum Gasteiger partial charge on any atom is -0.348 e. The van der Waals surface area contributed by atoms with Crippen LogP contribution >= 0.6 is 11.6 Å². The summed E-state index contributed by atoms with van der Waals surface area (Å²) >= 11 is 6.00. The van der Waals surface area contributed by atoms with Gasteiger partial charge in [0.25, 0.3) is 11.5 Å². The van der Waals surface area contributed by atoms with Gasteiger partial charge in [-0.05, 0) is 68.3 Å². The number of nitrogens with zero attached hydrogens (tertiary/aromatic N) is 1. The quantitative estimate of drug-likeness (QED) is 0.427. The first-order valence-electron chi connectivity index (χ1n) is 10.9. The highest BCUT2D eigenvalue weighted by atomic mass is 35.5. The Kier molecular flexibility index (Phi) is 8.00. The van der Waals surface area contributed by atoms with Gasteiger partial charge in [0.15, 0.2) is 9.84 Å². The van der Waals surface area contributed by atoms with Crippen LogP contribution in [0.5, 0.6) is 0 Å². The van der Waals surface area contributed by atoms with Crippen molar-refractivity contribution in [1.82, 2.24) is 9.88 Å². The molecule has 1 aromatic heterocycles. The molecule has 1 amide bonds. The molecule has 0 aliphatic carbocycles. The van der Waals surface area contributed by atoms with Gasteiger partial charge in [0.05, 0.1) is 15.7 Å². The molecule has 2 aromatic carbocycles. The number of hydrogen-bond donors (Lipinski definition) is 1. The predicted octanol–water partition coefficient (Wildman–Crippen LogP) is 5.02. The number of nitrogens with one attached hydrogen (secondary N) is 1. The molecule has 3 rings (SSSR count). The Morgan fingerprint density at radius 1 is 1.08 bits per heavy atom. The predicted molar refractivity (Wildman–Crippen MR) is 131 cm³/mol. The highest BCUT2D eigenvalue weighted by Gasteiger charge is 2.31. The number of hydrogen-bond acceptors (Lipinski definition) is 4. The molecule has 0 spiro atoms. The number of aromatic nitrogens is 1. The second-order valence-corrected chi connectivity index (χ2v) is 11.2. The van der Waals surface area contributed by atoms with Crippen molar-refractivity contribution in [2.75, 3.05) is 0 Å². The fraction of sp³-hybridized carbons (Fsp3) is 0.280. The van der Waals surface area contributed by atoms with Gasteiger partial charge in [-0.3, -0.25) is 14.2 Å². The number of rotatable bonds is 7. The Morgan fingerprint density at radius 3 is 2.28 bits per heavy atom. The van der Waals surface area contributed by atoms with Crippen molar-refractivity contribution in [1.29, 1.82) is 0 Å². The second kappa shape index (κ2) is 10.5. The molecule has 1 heterocycles. The van der Waals surface area contributed by atoms with Gasteiger partial charge in [-0.2, -0.15) is 13.2 Å². The first-order chi connectivity index (χ1) is 16.8. The molecule has 11 heteroatoms. The van der Waals surface area contributed by atoms with E-state index < -0.39 is 38.3 Å². The van der Waals surface area contributed by atoms with Gasteiger partial charge in [-0.15, -0.1) is 11.6 Å². The van der Waals surface area contributed by atoms with Crippen molar-refractivity contribution < 1.29 is 26.4 Å². The van der Waals surface area contributed by atoms with E-state index in [9.17, 15) is 31.2 Å². The molecule has 6 nitrogen and oxygen atoms in total. The maximum atomic E-state index is 13.2. The first-order valence-corrected chi connectivity index (χ1v) is 13.0. The zero-order chi connectivity index (χ0) is 26.8. The summed E-state index contributed by atoms with van der Waals surface area (Å²) in [6, 6.07) is 11.6. The van der Waals surface area contributed by atoms with E-state index in [1.807, 2.05) is 0 Å². The van der Waals surface area contributed by atoms with Gasteiger partial charge < -0.3 is 5.32 Å². The second-order valence-electron chi connectivity index (χ2n) is 8.41. The summed E-state index contributed by atoms with van der Waals surface area (Å²) in [5, 5.41) is 2.01. The lowest BCUT2D eigenvalue weighted by molar-refractivity contribution is -0.137. The van der Waals surface area contributed by atoms with Gasteiger partial charge in [0.2, 0.25) is 0 Å². The zero-order valence-corrected chi connectivity index (χ0v) is 21.3. The molecule has 192 valence electrons. The van der Waals surface area contributed by atoms with E-state index in [2.05, 4.69) is 5.32 Å². The van der Waals surface area contributed by atoms with Crippen molar-refractivity contribution in [3.05, 3.63) is 92.9 Å². The van der Waals surface area contributed by atoms with Crippen molar-refractivity contribution in [2.24, 2.45) is 0 Å². The number of carbonyl (C=O) groups is 1. The molecule has 0 bridgehead atoms. The van der Waals surface area contributed by atoms with Crippen LogP contribution in [0.15, 0.2) is 64.3 Å². The molecule has 0 fully saturated rings. The Labute approximate surface area is 211 Å². The van der Waals surface area contributed by atoms with Crippen LogP contribution in [-0.4, -0.2) is 24.1 Å². The third-order valence-corrected chi connectivity index (χ3v) is 8.16. The van der Waals surface area contributed by atoms with Gasteiger partial charge in [0.1, 0.15) is 5.56 Å². The molecular weight excluding hydrogens is 517 g/mol. The maximum absolute atomic E-state index is 13.2. The van der Waals surface area contributed by atoms with Crippen LogP contribution in [0.4, 0.5) is 13.2 Å². The summed E-state index contributed by atoms with van der Waals surface area (Å²) in [5.74, 6) is -0.817. The third-order valence-electron chi connectivity index (χ3n) is 5.70. The number of benzene rings is 2. The maximum Gasteiger partial charge on any atom is 0.416 e. The van der Waals surface area contributed by atoms with Crippen LogP contribution in [0.25, 0.3) is 5.69 Å². The monoisotopic (exact) mass is 540 g/mol. The molecule has 3 aromatic rings. The van der Waals surface area contributed by atoms with Crippen LogP contribution in [0.1, 0.15) is 46.6 Å². The van der Waals surface area contributed by atoms with Crippen molar-refractivity contribution >= 4 is 27.3 Å². The van der Waals surface area contributed by atoms with E-state index >= 15 is 0 Å². The molecular formula is C25H24ClF3N2O4S. The summed E-state index contributed by atoms with van der Waals surface area (Å²) in [7, 11) is -3.44. The van der Waals surface area contributed by atoms with Crippen molar-refractivity contribution in [2.45, 2.75) is 49.5 Å². The van der Waals surface area contributed by atoms with Crippen molar-refractivity contribution in [3.63, 3.8) is 0 Å². The Morgan fingerprint density at radius 2 is 1.72 bits per heavy atom. The standard InChI is InChI=1S/C25H24ClF3N2O4S/c1-15(2)36(34,35)21-9-7-17(8-10-21)14-30-23(32)22-11-18(13-26)16(3)31(24(22)33)20-6-4-5-19(12-20)25(27,28)29/h4-12,15H,13-14H2,1-3H3,(H,30,32). The van der Waals surface area contributed by atoms with Gasteiger partial charge in [0, 0.05) is 23.8 Å². The van der Waals surface area contributed by atoms with Crippen LogP contribution in [0.2, 0.25) is 0 Å². The van der Waals surface area contributed by atoms with Crippen molar-refractivity contribution in [3.8, 4) is 5.69 Å². The Balaban J connectivity index is 1.93. The van der Waals surface area contributed by atoms with Crippen LogP contribution in [-0.2, 0) is 28.4 Å². The number of carbonyl (C=O) groups excluding carboxylic acids is 1. The minimum absolute atomic E-state index is 0.00603. The van der Waals surface area contributed by atoms with E-state index in [0.29, 0.717) is 16.8 Å². The highest BCUT2D eigenvalue weighted by Crippen LogP contribution is 2.30. The topological polar surface area (TPSA) is 85.2 Å². The molecule has 36 heavy (non-hydrogen) atoms. The third kappa shape index (κ3) is 5.65. The minimum atomic E-state index is -4.61. The number of amides is 1. The van der Waals surface area contributed by atoms with E-state index in [1.54, 1.807) is 26.0 Å². The lowest BCUT2D eigenvalue weighted by Gasteiger charge is -2.17. The van der Waals surface area contributed by atoms with Gasteiger partial charge in [-0.1, -0.05) is 18.2 Å². The van der Waals surface area contributed by atoms with Crippen LogP contribution in [0.3, 0.4) is 0 Å². The fourth-order valence-corrected chi connectivity index (χ4v) is 4.86. The smallest absolute Gasteiger partial charge is 0.348 e. The lowest BCUT2D eigenvalue weighted by Crippen LogP contribution is -2.34. The number of alkyl halides is 4. The SMILES string of the molecule is Cc1c(CCl)cc(C(=O)NCc2ccc(S(=O)(=O)C(C)C)cc2)c(=O)n1-c1cccc(C(F)(F)F)c1. The Hall–Kier alpha value is -3.11. The summed E-state index contributed by atoms with van der Waals surface area (Å²) in [5.41, 5.74) is -0.750. The normalized spacial score (nSPS) is 12.1. The van der Waals surface area contributed by atoms with Gasteiger partial charge >= 0.3 is 6.18 Å². The molecule has 0 unspecified atom stereocenters. The van der Waals surface area contributed by atoms with E-state index in [0.717, 1.165) is 16.7 Å². The van der Waals surface area contributed by atoms with Crippen LogP contribution < -0.4 is 10.9 Å².